The third kappa shape index (κ3) is 3.85. The van der Waals surface area contributed by atoms with E-state index in [1.807, 2.05) is 13.8 Å². The lowest BCUT2D eigenvalue weighted by Gasteiger charge is -2.23. The molecule has 120 valence electrons. The smallest absolute Gasteiger partial charge is 0.225 e. The number of aromatic amines is 1. The van der Waals surface area contributed by atoms with Crippen LogP contribution in [0, 0.1) is 24.7 Å². The van der Waals surface area contributed by atoms with Gasteiger partial charge in [-0.1, -0.05) is 0 Å². The van der Waals surface area contributed by atoms with Gasteiger partial charge in [0.15, 0.2) is 3.95 Å². The number of thiazole rings is 1. The van der Waals surface area contributed by atoms with Gasteiger partial charge in [-0.25, -0.2) is 0 Å². The van der Waals surface area contributed by atoms with Gasteiger partial charge in [0.1, 0.15) is 17.1 Å². The molecule has 0 spiro atoms. The summed E-state index contributed by atoms with van der Waals surface area (Å²) in [6.07, 6.45) is 0.253. The molecule has 1 atom stereocenters. The molecule has 0 aliphatic heterocycles. The van der Waals surface area contributed by atoms with Gasteiger partial charge in [0.05, 0.1) is 13.0 Å². The van der Waals surface area contributed by atoms with Crippen molar-refractivity contribution < 1.29 is 14.3 Å². The minimum atomic E-state index is -1.17. The molecule has 7 heteroatoms. The summed E-state index contributed by atoms with van der Waals surface area (Å²) in [6.45, 7) is 7.31. The van der Waals surface area contributed by atoms with Crippen LogP contribution in [0.4, 0.5) is 0 Å². The number of hydrogen-bond donors (Lipinski definition) is 3. The fourth-order valence-electron chi connectivity index (χ4n) is 2.35. The molecule has 0 radical (unpaired) electrons. The van der Waals surface area contributed by atoms with Crippen LogP contribution in [-0.4, -0.2) is 22.5 Å². The zero-order valence-corrected chi connectivity index (χ0v) is 14.7. The monoisotopic (exact) mass is 340 g/mol. The van der Waals surface area contributed by atoms with Gasteiger partial charge >= 0.3 is 0 Å². The van der Waals surface area contributed by atoms with E-state index in [1.165, 1.54) is 11.3 Å². The second-order valence-corrected chi connectivity index (χ2v) is 7.39. The average Bonchev–Trinajstić information content (AvgIpc) is 2.90. The number of aliphatic hydroxyl groups is 1. The van der Waals surface area contributed by atoms with Crippen LogP contribution in [0.1, 0.15) is 34.6 Å². The number of aryl methyl sites for hydroxylation is 3. The molecule has 1 amide bonds. The number of amides is 1. The highest BCUT2D eigenvalue weighted by Gasteiger charge is 2.28. The van der Waals surface area contributed by atoms with Crippen LogP contribution in [0.25, 0.3) is 0 Å². The normalized spacial score (nSPS) is 13.9. The molecule has 5 nitrogen and oxygen atoms in total. The van der Waals surface area contributed by atoms with Gasteiger partial charge in [-0.05, 0) is 46.0 Å². The fraction of sp³-hybridized carbons (Fsp3) is 0.467. The third-order valence-electron chi connectivity index (χ3n) is 3.50. The summed E-state index contributed by atoms with van der Waals surface area (Å²) in [4.78, 5) is 16.0. The van der Waals surface area contributed by atoms with Crippen LogP contribution in [0.5, 0.6) is 0 Å². The Kier molecular flexibility index (Phi) is 4.89. The van der Waals surface area contributed by atoms with E-state index in [9.17, 15) is 9.90 Å². The van der Waals surface area contributed by atoms with Crippen molar-refractivity contribution in [3.63, 3.8) is 0 Å². The minimum absolute atomic E-state index is 0.126. The lowest BCUT2D eigenvalue weighted by atomic mass is 9.96. The highest BCUT2D eigenvalue weighted by Crippen LogP contribution is 2.26. The van der Waals surface area contributed by atoms with Gasteiger partial charge < -0.3 is 19.8 Å². The van der Waals surface area contributed by atoms with Gasteiger partial charge in [-0.2, -0.15) is 0 Å². The van der Waals surface area contributed by atoms with E-state index < -0.39 is 5.60 Å². The Morgan fingerprint density at radius 2 is 2.18 bits per heavy atom. The van der Waals surface area contributed by atoms with Crippen LogP contribution in [0.3, 0.4) is 0 Å². The third-order valence-corrected chi connectivity index (χ3v) is 4.83. The Bertz CT molecular complexity index is 740. The largest absolute Gasteiger partial charge is 0.466 e. The fourth-order valence-corrected chi connectivity index (χ4v) is 3.64. The second kappa shape index (κ2) is 6.36. The SMILES string of the molecule is Cc1cc(C(C)(O)CNC(=O)Cc2sc(=S)[nH]c2C)c(C)o1. The number of hydrogen-bond acceptors (Lipinski definition) is 5. The molecular formula is C15H20N2O3S2. The predicted molar refractivity (Wildman–Crippen MR) is 88.7 cm³/mol. The molecule has 0 aromatic carbocycles. The minimum Gasteiger partial charge on any atom is -0.466 e. The Morgan fingerprint density at radius 1 is 1.50 bits per heavy atom. The number of rotatable bonds is 5. The number of furan rings is 1. The van der Waals surface area contributed by atoms with Gasteiger partial charge in [-0.15, -0.1) is 11.3 Å². The number of carbonyl (C=O) groups is 1. The zero-order chi connectivity index (χ0) is 16.5. The molecule has 1 unspecified atom stereocenters. The molecule has 0 saturated heterocycles. The van der Waals surface area contributed by atoms with E-state index in [4.69, 9.17) is 16.6 Å². The molecular weight excluding hydrogens is 320 g/mol. The van der Waals surface area contributed by atoms with Gasteiger partial charge in [0, 0.05) is 16.1 Å². The quantitative estimate of drug-likeness (QED) is 0.731. The van der Waals surface area contributed by atoms with Crippen molar-refractivity contribution in [1.82, 2.24) is 10.3 Å². The Morgan fingerprint density at radius 3 is 2.68 bits per heavy atom. The molecule has 22 heavy (non-hydrogen) atoms. The van der Waals surface area contributed by atoms with Crippen molar-refractivity contribution in [3.8, 4) is 0 Å². The van der Waals surface area contributed by atoms with Crippen LogP contribution in [0.2, 0.25) is 0 Å². The molecule has 0 bridgehead atoms. The van der Waals surface area contributed by atoms with Crippen LogP contribution < -0.4 is 5.32 Å². The van der Waals surface area contributed by atoms with Gasteiger partial charge in [0.25, 0.3) is 0 Å². The van der Waals surface area contributed by atoms with E-state index in [0.717, 1.165) is 16.3 Å². The first-order chi connectivity index (χ1) is 10.2. The van der Waals surface area contributed by atoms with E-state index in [2.05, 4.69) is 10.3 Å². The number of carbonyl (C=O) groups excluding carboxylic acids is 1. The van der Waals surface area contributed by atoms with Crippen molar-refractivity contribution >= 4 is 29.5 Å². The lowest BCUT2D eigenvalue weighted by Crippen LogP contribution is -2.39. The topological polar surface area (TPSA) is 78.3 Å². The summed E-state index contributed by atoms with van der Waals surface area (Å²) in [7, 11) is 0. The molecule has 2 rings (SSSR count). The summed E-state index contributed by atoms with van der Waals surface area (Å²) in [5.41, 5.74) is 0.439. The summed E-state index contributed by atoms with van der Waals surface area (Å²) >= 11 is 6.46. The molecule has 3 N–H and O–H groups in total. The first kappa shape index (κ1) is 16.9. The van der Waals surface area contributed by atoms with Gasteiger partial charge in [0.2, 0.25) is 5.91 Å². The van der Waals surface area contributed by atoms with Crippen molar-refractivity contribution in [2.75, 3.05) is 6.54 Å². The predicted octanol–water partition coefficient (Wildman–Crippen LogP) is 2.89. The molecule has 2 heterocycles. The summed E-state index contributed by atoms with van der Waals surface area (Å²) in [6, 6.07) is 1.79. The Labute approximate surface area is 138 Å². The number of H-pyrrole nitrogens is 1. The molecule has 0 saturated carbocycles. The highest BCUT2D eigenvalue weighted by atomic mass is 32.1. The molecule has 0 aliphatic rings. The van der Waals surface area contributed by atoms with Gasteiger partial charge in [-0.3, -0.25) is 4.79 Å². The lowest BCUT2D eigenvalue weighted by molar-refractivity contribution is -0.121. The van der Waals surface area contributed by atoms with Crippen molar-refractivity contribution in [2.24, 2.45) is 0 Å². The Balaban J connectivity index is 1.99. The van der Waals surface area contributed by atoms with Crippen LogP contribution in [0.15, 0.2) is 10.5 Å². The van der Waals surface area contributed by atoms with E-state index in [0.29, 0.717) is 15.3 Å². The Hall–Kier alpha value is -1.44. The standard InChI is InChI=1S/C15H20N2O3S2/c1-8-5-11(10(3)20-8)15(4,19)7-16-13(18)6-12-9(2)17-14(21)22-12/h5,19H,6-7H2,1-4H3,(H,16,18)(H,17,21). The van der Waals surface area contributed by atoms with Crippen LogP contribution in [-0.2, 0) is 16.8 Å². The first-order valence-electron chi connectivity index (χ1n) is 6.94. The highest BCUT2D eigenvalue weighted by molar-refractivity contribution is 7.73. The summed E-state index contributed by atoms with van der Waals surface area (Å²) < 4.78 is 6.10. The van der Waals surface area contributed by atoms with Crippen molar-refractivity contribution in [1.29, 1.82) is 0 Å². The molecule has 2 aromatic rings. The van der Waals surface area contributed by atoms with Crippen molar-refractivity contribution in [2.45, 2.75) is 39.7 Å². The second-order valence-electron chi connectivity index (χ2n) is 5.62. The molecule has 2 aromatic heterocycles. The maximum Gasteiger partial charge on any atom is 0.225 e. The van der Waals surface area contributed by atoms with Crippen LogP contribution >= 0.6 is 23.6 Å². The van der Waals surface area contributed by atoms with Crippen molar-refractivity contribution in [3.05, 3.63) is 37.7 Å². The zero-order valence-electron chi connectivity index (χ0n) is 13.1. The molecule has 0 fully saturated rings. The summed E-state index contributed by atoms with van der Waals surface area (Å²) in [5.74, 6) is 1.25. The number of nitrogens with one attached hydrogen (secondary N) is 2. The number of aromatic nitrogens is 1. The molecule has 0 aliphatic carbocycles. The summed E-state index contributed by atoms with van der Waals surface area (Å²) in [5, 5.41) is 13.3. The first-order valence-corrected chi connectivity index (χ1v) is 8.16. The van der Waals surface area contributed by atoms with E-state index in [-0.39, 0.29) is 18.9 Å². The maximum atomic E-state index is 12.1. The maximum absolute atomic E-state index is 12.1. The average molecular weight is 340 g/mol. The van der Waals surface area contributed by atoms with E-state index >= 15 is 0 Å². The van der Waals surface area contributed by atoms with E-state index in [1.54, 1.807) is 19.9 Å².